The normalized spacial score (nSPS) is 23.2. The molecule has 19 heavy (non-hydrogen) atoms. The quantitative estimate of drug-likeness (QED) is 0.814. The number of carbonyl (C=O) groups is 1. The first-order valence-corrected chi connectivity index (χ1v) is 6.73. The summed E-state index contributed by atoms with van der Waals surface area (Å²) in [6, 6.07) is 8.01. The van der Waals surface area contributed by atoms with E-state index in [1.807, 2.05) is 26.0 Å². The lowest BCUT2D eigenvalue weighted by atomic mass is 10.0. The number of benzene rings is 1. The van der Waals surface area contributed by atoms with Gasteiger partial charge >= 0.3 is 5.97 Å². The van der Waals surface area contributed by atoms with Crippen LogP contribution in [-0.4, -0.2) is 19.1 Å². The van der Waals surface area contributed by atoms with E-state index in [4.69, 9.17) is 10.5 Å². The number of nitrogens with one attached hydrogen (secondary N) is 1. The molecule has 104 valence electrons. The molecule has 1 aliphatic carbocycles. The first kappa shape index (κ1) is 14.0. The second-order valence-electron chi connectivity index (χ2n) is 5.44. The van der Waals surface area contributed by atoms with Crippen molar-refractivity contribution in [1.29, 1.82) is 0 Å². The molecule has 0 spiro atoms. The van der Waals surface area contributed by atoms with Gasteiger partial charge in [-0.3, -0.25) is 10.1 Å². The maximum absolute atomic E-state index is 11.8. The second-order valence-corrected chi connectivity index (χ2v) is 5.44. The zero-order valence-corrected chi connectivity index (χ0v) is 11.7. The summed E-state index contributed by atoms with van der Waals surface area (Å²) in [7, 11) is 1.42. The molecule has 2 rings (SSSR count). The highest BCUT2D eigenvalue weighted by Gasteiger charge is 2.33. The summed E-state index contributed by atoms with van der Waals surface area (Å²) >= 11 is 0. The average Bonchev–Trinajstić information content (AvgIpc) is 2.72. The Morgan fingerprint density at radius 2 is 2.00 bits per heavy atom. The van der Waals surface area contributed by atoms with Gasteiger partial charge in [0.05, 0.1) is 7.11 Å². The van der Waals surface area contributed by atoms with Gasteiger partial charge in [0, 0.05) is 12.1 Å². The van der Waals surface area contributed by atoms with Gasteiger partial charge in [-0.2, -0.15) is 0 Å². The van der Waals surface area contributed by atoms with Crippen LogP contribution in [0, 0.1) is 5.92 Å². The van der Waals surface area contributed by atoms with Gasteiger partial charge in [0.2, 0.25) is 0 Å². The molecular formula is C15H22N2O2. The van der Waals surface area contributed by atoms with E-state index in [9.17, 15) is 4.79 Å². The van der Waals surface area contributed by atoms with E-state index in [0.29, 0.717) is 0 Å². The maximum Gasteiger partial charge on any atom is 0.323 e. The van der Waals surface area contributed by atoms with Crippen molar-refractivity contribution in [3.63, 3.8) is 0 Å². The molecule has 0 saturated carbocycles. The van der Waals surface area contributed by atoms with Crippen LogP contribution in [0.15, 0.2) is 24.3 Å². The van der Waals surface area contributed by atoms with Crippen LogP contribution in [0.1, 0.15) is 43.5 Å². The fraction of sp³-hybridized carbons (Fsp3) is 0.533. The van der Waals surface area contributed by atoms with Crippen molar-refractivity contribution >= 4 is 5.97 Å². The molecule has 1 aliphatic rings. The Hall–Kier alpha value is -1.39. The number of nitrogens with two attached hydrogens (primary N) is 1. The Kier molecular flexibility index (Phi) is 4.22. The monoisotopic (exact) mass is 262 g/mol. The topological polar surface area (TPSA) is 64.3 Å². The lowest BCUT2D eigenvalue weighted by Gasteiger charge is -2.24. The van der Waals surface area contributed by atoms with E-state index in [1.54, 1.807) is 0 Å². The third-order valence-corrected chi connectivity index (χ3v) is 3.76. The highest BCUT2D eigenvalue weighted by atomic mass is 16.5. The highest BCUT2D eigenvalue weighted by Crippen LogP contribution is 2.37. The Bertz CT molecular complexity index is 459. The number of hydrogen-bond acceptors (Lipinski definition) is 4. The van der Waals surface area contributed by atoms with E-state index in [2.05, 4.69) is 17.4 Å². The largest absolute Gasteiger partial charge is 0.468 e. The van der Waals surface area contributed by atoms with Gasteiger partial charge in [-0.25, -0.2) is 0 Å². The van der Waals surface area contributed by atoms with E-state index in [1.165, 1.54) is 18.2 Å². The summed E-state index contributed by atoms with van der Waals surface area (Å²) in [6.45, 7) is 4.02. The second kappa shape index (κ2) is 5.72. The molecule has 3 atom stereocenters. The van der Waals surface area contributed by atoms with Gasteiger partial charge in [0.15, 0.2) is 0 Å². The first-order valence-electron chi connectivity index (χ1n) is 6.73. The van der Waals surface area contributed by atoms with Crippen LogP contribution in [0.25, 0.3) is 0 Å². The summed E-state index contributed by atoms with van der Waals surface area (Å²) < 4.78 is 4.87. The minimum atomic E-state index is -0.298. The van der Waals surface area contributed by atoms with Crippen molar-refractivity contribution < 1.29 is 9.53 Å². The summed E-state index contributed by atoms with van der Waals surface area (Å²) in [5.74, 6) is -0.0376. The van der Waals surface area contributed by atoms with Gasteiger partial charge in [0.25, 0.3) is 0 Å². The molecule has 0 saturated heterocycles. The minimum absolute atomic E-state index is 0.0409. The van der Waals surface area contributed by atoms with E-state index in [-0.39, 0.29) is 30.0 Å². The molecule has 1 aromatic rings. The molecule has 4 heteroatoms. The molecule has 0 amide bonds. The number of hydrogen-bond donors (Lipinski definition) is 2. The van der Waals surface area contributed by atoms with Gasteiger partial charge in [0.1, 0.15) is 6.04 Å². The van der Waals surface area contributed by atoms with Crippen molar-refractivity contribution in [2.45, 2.75) is 38.4 Å². The van der Waals surface area contributed by atoms with Crippen LogP contribution in [-0.2, 0) is 9.53 Å². The van der Waals surface area contributed by atoms with E-state index >= 15 is 0 Å². The van der Waals surface area contributed by atoms with Crippen molar-refractivity contribution in [2.24, 2.45) is 11.7 Å². The summed E-state index contributed by atoms with van der Waals surface area (Å²) in [4.78, 5) is 11.8. The van der Waals surface area contributed by atoms with Crippen LogP contribution in [0.3, 0.4) is 0 Å². The fourth-order valence-corrected chi connectivity index (χ4v) is 2.71. The SMILES string of the molecule is COC(=O)C(NC1CC(N)c2ccccc21)C(C)C. The Morgan fingerprint density at radius 1 is 1.37 bits per heavy atom. The molecule has 0 radical (unpaired) electrons. The van der Waals surface area contributed by atoms with E-state index < -0.39 is 0 Å². The lowest BCUT2D eigenvalue weighted by molar-refractivity contribution is -0.144. The molecule has 3 unspecified atom stereocenters. The Labute approximate surface area is 114 Å². The zero-order chi connectivity index (χ0) is 14.0. The van der Waals surface area contributed by atoms with Crippen molar-refractivity contribution in [3.8, 4) is 0 Å². The van der Waals surface area contributed by atoms with Crippen molar-refractivity contribution in [2.75, 3.05) is 7.11 Å². The fourth-order valence-electron chi connectivity index (χ4n) is 2.71. The number of methoxy groups -OCH3 is 1. The summed E-state index contributed by atoms with van der Waals surface area (Å²) in [5, 5.41) is 3.40. The number of rotatable bonds is 4. The molecule has 1 aromatic carbocycles. The molecular weight excluding hydrogens is 240 g/mol. The molecule has 0 aromatic heterocycles. The molecule has 4 nitrogen and oxygen atoms in total. The number of ether oxygens (including phenoxy) is 1. The van der Waals surface area contributed by atoms with Crippen LogP contribution < -0.4 is 11.1 Å². The number of esters is 1. The van der Waals surface area contributed by atoms with Crippen LogP contribution in [0.5, 0.6) is 0 Å². The van der Waals surface area contributed by atoms with E-state index in [0.717, 1.165) is 6.42 Å². The van der Waals surface area contributed by atoms with Crippen molar-refractivity contribution in [3.05, 3.63) is 35.4 Å². The minimum Gasteiger partial charge on any atom is -0.468 e. The van der Waals surface area contributed by atoms with Gasteiger partial charge < -0.3 is 10.5 Å². The summed E-state index contributed by atoms with van der Waals surface area (Å²) in [6.07, 6.45) is 0.819. The third-order valence-electron chi connectivity index (χ3n) is 3.76. The standard InChI is InChI=1S/C15H22N2O2/c1-9(2)14(15(18)19-3)17-13-8-12(16)10-6-4-5-7-11(10)13/h4-7,9,12-14,17H,8,16H2,1-3H3. The van der Waals surface area contributed by atoms with Crippen LogP contribution >= 0.6 is 0 Å². The summed E-state index contributed by atoms with van der Waals surface area (Å²) in [5.41, 5.74) is 8.51. The highest BCUT2D eigenvalue weighted by molar-refractivity contribution is 5.76. The zero-order valence-electron chi connectivity index (χ0n) is 11.7. The molecule has 3 N–H and O–H groups in total. The predicted molar refractivity (Wildman–Crippen MR) is 74.5 cm³/mol. The van der Waals surface area contributed by atoms with Gasteiger partial charge in [-0.05, 0) is 23.5 Å². The lowest BCUT2D eigenvalue weighted by Crippen LogP contribution is -2.43. The van der Waals surface area contributed by atoms with Crippen LogP contribution in [0.4, 0.5) is 0 Å². The Balaban J connectivity index is 2.18. The molecule has 0 bridgehead atoms. The number of carbonyl (C=O) groups excluding carboxylic acids is 1. The average molecular weight is 262 g/mol. The molecule has 0 heterocycles. The van der Waals surface area contributed by atoms with Gasteiger partial charge in [-0.15, -0.1) is 0 Å². The predicted octanol–water partition coefficient (Wildman–Crippen LogP) is 1.92. The maximum atomic E-state index is 11.8. The smallest absolute Gasteiger partial charge is 0.323 e. The third kappa shape index (κ3) is 2.80. The first-order chi connectivity index (χ1) is 9.04. The molecule has 0 aliphatic heterocycles. The van der Waals surface area contributed by atoms with Crippen molar-refractivity contribution in [1.82, 2.24) is 5.32 Å². The van der Waals surface area contributed by atoms with Crippen LogP contribution in [0.2, 0.25) is 0 Å². The Morgan fingerprint density at radius 3 is 2.58 bits per heavy atom. The molecule has 0 fully saturated rings. The van der Waals surface area contributed by atoms with Gasteiger partial charge in [-0.1, -0.05) is 38.1 Å². The number of fused-ring (bicyclic) bond motifs is 1.